The number of ketones is 1. The Hall–Kier alpha value is -1.17. The van der Waals surface area contributed by atoms with Crippen LogP contribution in [0.1, 0.15) is 28.1 Å². The van der Waals surface area contributed by atoms with Crippen LogP contribution in [0.15, 0.2) is 40.9 Å². The Morgan fingerprint density at radius 3 is 2.55 bits per heavy atom. The van der Waals surface area contributed by atoms with E-state index in [2.05, 4.69) is 15.9 Å². The zero-order valence-corrected chi connectivity index (χ0v) is 15.2. The quantitative estimate of drug-likeness (QED) is 0.654. The molecule has 1 aromatic heterocycles. The molecule has 3 nitrogen and oxygen atoms in total. The van der Waals surface area contributed by atoms with Gasteiger partial charge < -0.3 is 4.90 Å². The van der Waals surface area contributed by atoms with Crippen molar-refractivity contribution in [3.63, 3.8) is 0 Å². The van der Waals surface area contributed by atoms with Gasteiger partial charge in [0.2, 0.25) is 5.91 Å². The van der Waals surface area contributed by atoms with Crippen LogP contribution in [0, 0.1) is 0 Å². The fourth-order valence-corrected chi connectivity index (χ4v) is 3.39. The second kappa shape index (κ2) is 7.90. The first-order valence-electron chi connectivity index (χ1n) is 6.73. The summed E-state index contributed by atoms with van der Waals surface area (Å²) in [5.41, 5.74) is 1.04. The molecular formula is C16H15BrClNO2S. The molecule has 0 bridgehead atoms. The lowest BCUT2D eigenvalue weighted by atomic mass is 10.1. The van der Waals surface area contributed by atoms with Crippen molar-refractivity contribution in [2.75, 3.05) is 7.05 Å². The first-order chi connectivity index (χ1) is 10.5. The van der Waals surface area contributed by atoms with E-state index in [0.717, 1.165) is 10.0 Å². The van der Waals surface area contributed by atoms with E-state index in [4.69, 9.17) is 11.6 Å². The lowest BCUT2D eigenvalue weighted by Crippen LogP contribution is -2.26. The Morgan fingerprint density at radius 1 is 1.18 bits per heavy atom. The summed E-state index contributed by atoms with van der Waals surface area (Å²) < 4.78 is 1.56. The van der Waals surface area contributed by atoms with Crippen LogP contribution in [0.5, 0.6) is 0 Å². The predicted molar refractivity (Wildman–Crippen MR) is 93.5 cm³/mol. The second-order valence-electron chi connectivity index (χ2n) is 4.87. The lowest BCUT2D eigenvalue weighted by Gasteiger charge is -2.17. The van der Waals surface area contributed by atoms with Crippen molar-refractivity contribution in [2.45, 2.75) is 19.4 Å². The van der Waals surface area contributed by atoms with Gasteiger partial charge in [0.05, 0.1) is 9.21 Å². The number of amides is 1. The van der Waals surface area contributed by atoms with Gasteiger partial charge in [0.25, 0.3) is 0 Å². The summed E-state index contributed by atoms with van der Waals surface area (Å²) in [6.45, 7) is 0.513. The number of carbonyl (C=O) groups is 2. The van der Waals surface area contributed by atoms with Crippen LogP contribution in [0.2, 0.25) is 4.34 Å². The van der Waals surface area contributed by atoms with Gasteiger partial charge in [0, 0.05) is 30.9 Å². The number of hydrogen-bond donors (Lipinski definition) is 0. The third kappa shape index (κ3) is 4.66. The van der Waals surface area contributed by atoms with Crippen molar-refractivity contribution in [1.29, 1.82) is 0 Å². The maximum absolute atomic E-state index is 12.1. The maximum atomic E-state index is 12.1. The van der Waals surface area contributed by atoms with Gasteiger partial charge >= 0.3 is 0 Å². The predicted octanol–water partition coefficient (Wildman–Crippen LogP) is 4.79. The van der Waals surface area contributed by atoms with Crippen LogP contribution in [0.3, 0.4) is 0 Å². The maximum Gasteiger partial charge on any atom is 0.223 e. The van der Waals surface area contributed by atoms with E-state index in [1.807, 2.05) is 24.3 Å². The fourth-order valence-electron chi connectivity index (χ4n) is 1.97. The smallest absolute Gasteiger partial charge is 0.223 e. The third-order valence-electron chi connectivity index (χ3n) is 3.21. The highest BCUT2D eigenvalue weighted by Gasteiger charge is 2.15. The zero-order chi connectivity index (χ0) is 16.1. The molecule has 0 aliphatic rings. The van der Waals surface area contributed by atoms with Crippen LogP contribution in [0.25, 0.3) is 0 Å². The van der Waals surface area contributed by atoms with Gasteiger partial charge in [-0.2, -0.15) is 0 Å². The molecule has 0 spiro atoms. The van der Waals surface area contributed by atoms with Gasteiger partial charge in [0.15, 0.2) is 5.78 Å². The van der Waals surface area contributed by atoms with E-state index >= 15 is 0 Å². The molecule has 0 aliphatic carbocycles. The highest BCUT2D eigenvalue weighted by atomic mass is 79.9. The lowest BCUT2D eigenvalue weighted by molar-refractivity contribution is -0.130. The standard InChI is InChI=1S/C16H15BrClNO2S/c1-19(10-11-4-2-3-5-12(11)17)16(21)9-6-13(20)14-7-8-15(18)22-14/h2-5,7-8H,6,9-10H2,1H3. The Morgan fingerprint density at radius 2 is 1.91 bits per heavy atom. The molecule has 0 radical (unpaired) electrons. The van der Waals surface area contributed by atoms with Crippen LogP contribution in [0.4, 0.5) is 0 Å². The van der Waals surface area contributed by atoms with Crippen LogP contribution in [-0.2, 0) is 11.3 Å². The summed E-state index contributed by atoms with van der Waals surface area (Å²) in [6, 6.07) is 11.2. The molecule has 1 heterocycles. The molecule has 0 aliphatic heterocycles. The molecule has 1 aromatic carbocycles. The van der Waals surface area contributed by atoms with Gasteiger partial charge in [-0.1, -0.05) is 45.7 Å². The van der Waals surface area contributed by atoms with Crippen molar-refractivity contribution in [1.82, 2.24) is 4.90 Å². The summed E-state index contributed by atoms with van der Waals surface area (Å²) in [5, 5.41) is 0. The van der Waals surface area contributed by atoms with E-state index in [1.54, 1.807) is 24.1 Å². The monoisotopic (exact) mass is 399 g/mol. The number of carbonyl (C=O) groups excluding carboxylic acids is 2. The van der Waals surface area contributed by atoms with Crippen LogP contribution < -0.4 is 0 Å². The number of Topliss-reactive ketones (excluding diaryl/α,β-unsaturated/α-hetero) is 1. The van der Waals surface area contributed by atoms with E-state index in [0.29, 0.717) is 15.8 Å². The minimum Gasteiger partial charge on any atom is -0.341 e. The first-order valence-corrected chi connectivity index (χ1v) is 8.72. The fraction of sp³-hybridized carbons (Fsp3) is 0.250. The average Bonchev–Trinajstić information content (AvgIpc) is 2.93. The summed E-state index contributed by atoms with van der Waals surface area (Å²) >= 11 is 10.5. The number of thiophene rings is 1. The van der Waals surface area contributed by atoms with E-state index < -0.39 is 0 Å². The van der Waals surface area contributed by atoms with Crippen molar-refractivity contribution in [2.24, 2.45) is 0 Å². The molecule has 6 heteroatoms. The molecule has 0 unspecified atom stereocenters. The SMILES string of the molecule is CN(Cc1ccccc1Br)C(=O)CCC(=O)c1ccc(Cl)s1. The Bertz CT molecular complexity index is 686. The molecule has 0 saturated carbocycles. The summed E-state index contributed by atoms with van der Waals surface area (Å²) in [6.07, 6.45) is 0.408. The molecule has 0 N–H and O–H groups in total. The summed E-state index contributed by atoms with van der Waals surface area (Å²) in [7, 11) is 1.74. The first kappa shape index (κ1) is 17.2. The molecule has 0 atom stereocenters. The van der Waals surface area contributed by atoms with E-state index in [9.17, 15) is 9.59 Å². The van der Waals surface area contributed by atoms with Crippen LogP contribution in [-0.4, -0.2) is 23.6 Å². The molecule has 22 heavy (non-hydrogen) atoms. The topological polar surface area (TPSA) is 37.4 Å². The van der Waals surface area contributed by atoms with Crippen LogP contribution >= 0.6 is 38.9 Å². The van der Waals surface area contributed by atoms with E-state index in [1.165, 1.54) is 11.3 Å². The van der Waals surface area contributed by atoms with Gasteiger partial charge in [0.1, 0.15) is 0 Å². The summed E-state index contributed by atoms with van der Waals surface area (Å²) in [4.78, 5) is 26.3. The van der Waals surface area contributed by atoms with Gasteiger partial charge in [-0.25, -0.2) is 0 Å². The molecule has 0 saturated heterocycles. The third-order valence-corrected chi connectivity index (χ3v) is 5.25. The van der Waals surface area contributed by atoms with Gasteiger partial charge in [-0.15, -0.1) is 11.3 Å². The second-order valence-corrected chi connectivity index (χ2v) is 7.44. The average molecular weight is 401 g/mol. The van der Waals surface area contributed by atoms with Crippen molar-refractivity contribution >= 4 is 50.6 Å². The minimum atomic E-state index is -0.0493. The Balaban J connectivity index is 1.86. The molecule has 0 fully saturated rings. The largest absolute Gasteiger partial charge is 0.341 e. The number of nitrogens with zero attached hydrogens (tertiary/aromatic N) is 1. The number of benzene rings is 1. The molecule has 2 rings (SSSR count). The Labute approximate surface area is 147 Å². The van der Waals surface area contributed by atoms with Crippen molar-refractivity contribution in [3.05, 3.63) is 55.6 Å². The molecule has 1 amide bonds. The molecule has 2 aromatic rings. The van der Waals surface area contributed by atoms with E-state index in [-0.39, 0.29) is 24.5 Å². The molecule has 116 valence electrons. The normalized spacial score (nSPS) is 10.5. The van der Waals surface area contributed by atoms with Crippen molar-refractivity contribution in [3.8, 4) is 0 Å². The summed E-state index contributed by atoms with van der Waals surface area (Å²) in [5.74, 6) is -0.0914. The number of rotatable bonds is 6. The Kier molecular flexibility index (Phi) is 6.17. The van der Waals surface area contributed by atoms with Gasteiger partial charge in [-0.05, 0) is 23.8 Å². The number of halogens is 2. The highest BCUT2D eigenvalue weighted by Crippen LogP contribution is 2.23. The van der Waals surface area contributed by atoms with Crippen molar-refractivity contribution < 1.29 is 9.59 Å². The minimum absolute atomic E-state index is 0.0421. The number of hydrogen-bond acceptors (Lipinski definition) is 3. The molecular weight excluding hydrogens is 386 g/mol. The highest BCUT2D eigenvalue weighted by molar-refractivity contribution is 9.10. The zero-order valence-electron chi connectivity index (χ0n) is 12.0. The van der Waals surface area contributed by atoms with Gasteiger partial charge in [-0.3, -0.25) is 9.59 Å².